The smallest absolute Gasteiger partial charge is 0.234 e. The minimum atomic E-state index is -3.37. The molecule has 0 aliphatic heterocycles. The predicted molar refractivity (Wildman–Crippen MR) is 60.1 cm³/mol. The highest BCUT2D eigenvalue weighted by atomic mass is 31.2. The van der Waals surface area contributed by atoms with Gasteiger partial charge in [-0.2, -0.15) is 0 Å². The van der Waals surface area contributed by atoms with Crippen molar-refractivity contribution in [1.82, 2.24) is 0 Å². The van der Waals surface area contributed by atoms with Crippen LogP contribution in [0.25, 0.3) is 0 Å². The van der Waals surface area contributed by atoms with E-state index in [2.05, 4.69) is 0 Å². The third kappa shape index (κ3) is 2.02. The Morgan fingerprint density at radius 1 is 1.00 bits per heavy atom. The number of hydrogen-bond donors (Lipinski definition) is 2. The largest absolute Gasteiger partial charge is 0.380 e. The molecule has 0 aromatic rings. The Bertz CT molecular complexity index is 265. The molecule has 4 heteroatoms. The fraction of sp³-hybridized carbons (Fsp3) is 1.00. The minimum absolute atomic E-state index is 0.130. The van der Waals surface area contributed by atoms with E-state index in [1.54, 1.807) is 0 Å². The molecule has 0 saturated heterocycles. The van der Waals surface area contributed by atoms with Crippen molar-refractivity contribution in [2.24, 2.45) is 0 Å². The van der Waals surface area contributed by atoms with Crippen LogP contribution in [0, 0.1) is 0 Å². The summed E-state index contributed by atoms with van der Waals surface area (Å²) >= 11 is 0. The molecular weight excluding hydrogens is 211 g/mol. The average molecular weight is 232 g/mol. The van der Waals surface area contributed by atoms with Crippen molar-refractivity contribution in [3.05, 3.63) is 0 Å². The second-order valence-electron chi connectivity index (χ2n) is 5.10. The van der Waals surface area contributed by atoms with Crippen LogP contribution in [-0.4, -0.2) is 21.0 Å². The highest BCUT2D eigenvalue weighted by Gasteiger charge is 2.51. The van der Waals surface area contributed by atoms with Crippen molar-refractivity contribution in [1.29, 1.82) is 0 Å². The first-order valence-electron chi connectivity index (χ1n) is 6.11. The van der Waals surface area contributed by atoms with Gasteiger partial charge in [0.2, 0.25) is 7.37 Å². The van der Waals surface area contributed by atoms with Gasteiger partial charge >= 0.3 is 0 Å². The van der Waals surface area contributed by atoms with Gasteiger partial charge in [0, 0.05) is 5.66 Å². The molecule has 0 radical (unpaired) electrons. The summed E-state index contributed by atoms with van der Waals surface area (Å²) in [7, 11) is -3.37. The summed E-state index contributed by atoms with van der Waals surface area (Å²) in [5.41, 5.74) is -0.130. The van der Waals surface area contributed by atoms with E-state index < -0.39 is 12.7 Å². The lowest BCUT2D eigenvalue weighted by molar-refractivity contribution is 0.113. The molecule has 88 valence electrons. The van der Waals surface area contributed by atoms with Gasteiger partial charge in [0.05, 0.1) is 0 Å². The lowest BCUT2D eigenvalue weighted by atomic mass is 10.0. The zero-order valence-electron chi connectivity index (χ0n) is 9.19. The topological polar surface area (TPSA) is 57.5 Å². The summed E-state index contributed by atoms with van der Waals surface area (Å²) in [5, 5.41) is 9.02. The Hall–Kier alpha value is 0.150. The van der Waals surface area contributed by atoms with Crippen LogP contribution in [0.5, 0.6) is 0 Å². The minimum Gasteiger partial charge on any atom is -0.380 e. The Kier molecular flexibility index (Phi) is 3.25. The van der Waals surface area contributed by atoms with E-state index in [-0.39, 0.29) is 5.66 Å². The summed E-state index contributed by atoms with van der Waals surface area (Å²) < 4.78 is 12.4. The zero-order chi connectivity index (χ0) is 10.9. The molecular formula is C11H21O3P. The van der Waals surface area contributed by atoms with Gasteiger partial charge in [-0.25, -0.2) is 0 Å². The van der Waals surface area contributed by atoms with Crippen molar-refractivity contribution in [3.8, 4) is 0 Å². The molecule has 2 aliphatic carbocycles. The van der Waals surface area contributed by atoms with Crippen molar-refractivity contribution in [3.63, 3.8) is 0 Å². The van der Waals surface area contributed by atoms with Gasteiger partial charge in [0.1, 0.15) is 5.34 Å². The zero-order valence-corrected chi connectivity index (χ0v) is 10.1. The predicted octanol–water partition coefficient (Wildman–Crippen LogP) is 2.85. The fourth-order valence-electron chi connectivity index (χ4n) is 3.03. The van der Waals surface area contributed by atoms with Crippen LogP contribution in [-0.2, 0) is 4.57 Å². The number of hydrogen-bond acceptors (Lipinski definition) is 2. The van der Waals surface area contributed by atoms with Crippen LogP contribution < -0.4 is 0 Å². The molecule has 2 N–H and O–H groups in total. The lowest BCUT2D eigenvalue weighted by Crippen LogP contribution is -2.31. The maximum absolute atomic E-state index is 12.4. The van der Waals surface area contributed by atoms with E-state index >= 15 is 0 Å². The Morgan fingerprint density at radius 3 is 2.07 bits per heavy atom. The van der Waals surface area contributed by atoms with Crippen molar-refractivity contribution < 1.29 is 14.6 Å². The maximum Gasteiger partial charge on any atom is 0.234 e. The molecule has 2 fully saturated rings. The Labute approximate surface area is 91.3 Å². The fourth-order valence-corrected chi connectivity index (χ4v) is 5.73. The molecule has 2 saturated carbocycles. The molecule has 3 nitrogen and oxygen atoms in total. The molecule has 0 spiro atoms. The van der Waals surface area contributed by atoms with E-state index in [1.165, 1.54) is 6.42 Å². The first-order valence-corrected chi connectivity index (χ1v) is 7.84. The monoisotopic (exact) mass is 232 g/mol. The SMILES string of the molecule is O=P(O)(C1CCCCC1)C1(O)CCCC1. The van der Waals surface area contributed by atoms with Crippen LogP contribution in [0.15, 0.2) is 0 Å². The number of rotatable bonds is 2. The molecule has 2 aliphatic rings. The van der Waals surface area contributed by atoms with Gasteiger partial charge in [0.15, 0.2) is 0 Å². The van der Waals surface area contributed by atoms with Gasteiger partial charge in [0.25, 0.3) is 0 Å². The molecule has 0 bridgehead atoms. The van der Waals surface area contributed by atoms with Gasteiger partial charge < -0.3 is 10.00 Å². The normalized spacial score (nSPS) is 31.3. The molecule has 0 heterocycles. The van der Waals surface area contributed by atoms with Crippen LogP contribution in [0.2, 0.25) is 0 Å². The van der Waals surface area contributed by atoms with E-state index in [4.69, 9.17) is 0 Å². The van der Waals surface area contributed by atoms with Crippen LogP contribution in [0.3, 0.4) is 0 Å². The van der Waals surface area contributed by atoms with Crippen molar-refractivity contribution in [2.45, 2.75) is 68.8 Å². The molecule has 0 aromatic carbocycles. The maximum atomic E-state index is 12.4. The molecule has 1 atom stereocenters. The van der Waals surface area contributed by atoms with Gasteiger partial charge in [-0.1, -0.05) is 19.3 Å². The summed E-state index contributed by atoms with van der Waals surface area (Å²) in [6.45, 7) is 0. The summed E-state index contributed by atoms with van der Waals surface area (Å²) in [6, 6.07) is 0. The lowest BCUT2D eigenvalue weighted by Gasteiger charge is -2.36. The van der Waals surface area contributed by atoms with Crippen LogP contribution >= 0.6 is 7.37 Å². The molecule has 2 rings (SSSR count). The molecule has 0 amide bonds. The quantitative estimate of drug-likeness (QED) is 0.720. The van der Waals surface area contributed by atoms with Gasteiger partial charge in [-0.15, -0.1) is 0 Å². The Morgan fingerprint density at radius 2 is 1.53 bits per heavy atom. The molecule has 15 heavy (non-hydrogen) atoms. The number of aliphatic hydroxyl groups is 1. The van der Waals surface area contributed by atoms with Gasteiger partial charge in [-0.3, -0.25) is 4.57 Å². The molecule has 0 aromatic heterocycles. The standard InChI is InChI=1S/C11H21O3P/c12-11(8-4-5-9-11)15(13,14)10-6-2-1-3-7-10/h10,12H,1-9H2,(H,13,14). The third-order valence-corrected chi connectivity index (χ3v) is 7.22. The summed E-state index contributed by atoms with van der Waals surface area (Å²) in [6.07, 6.45) is 7.77. The van der Waals surface area contributed by atoms with E-state index in [0.717, 1.165) is 38.5 Å². The second kappa shape index (κ2) is 4.20. The first kappa shape index (κ1) is 11.6. The average Bonchev–Trinajstić information content (AvgIpc) is 2.68. The van der Waals surface area contributed by atoms with E-state index in [9.17, 15) is 14.6 Å². The van der Waals surface area contributed by atoms with Crippen LogP contribution in [0.1, 0.15) is 57.8 Å². The van der Waals surface area contributed by atoms with Crippen LogP contribution in [0.4, 0.5) is 0 Å². The highest BCUT2D eigenvalue weighted by molar-refractivity contribution is 7.60. The Balaban J connectivity index is 2.13. The van der Waals surface area contributed by atoms with Crippen molar-refractivity contribution in [2.75, 3.05) is 0 Å². The van der Waals surface area contributed by atoms with E-state index in [1.807, 2.05) is 0 Å². The summed E-state index contributed by atoms with van der Waals surface area (Å²) in [4.78, 5) is 10.2. The first-order chi connectivity index (χ1) is 7.06. The van der Waals surface area contributed by atoms with E-state index in [0.29, 0.717) is 12.8 Å². The highest BCUT2D eigenvalue weighted by Crippen LogP contribution is 2.65. The van der Waals surface area contributed by atoms with Crippen molar-refractivity contribution >= 4 is 7.37 Å². The van der Waals surface area contributed by atoms with Gasteiger partial charge in [-0.05, 0) is 38.5 Å². The molecule has 1 unspecified atom stereocenters. The summed E-state index contributed by atoms with van der Waals surface area (Å²) in [5.74, 6) is 0. The third-order valence-electron chi connectivity index (χ3n) is 4.07. The second-order valence-corrected chi connectivity index (χ2v) is 7.91.